The molecule has 8 N–H and O–H groups in total. The van der Waals surface area contributed by atoms with E-state index in [2.05, 4.69) is 16.0 Å². The third kappa shape index (κ3) is 8.80. The van der Waals surface area contributed by atoms with E-state index >= 15 is 0 Å². The average Bonchev–Trinajstić information content (AvgIpc) is 2.70. The van der Waals surface area contributed by atoms with E-state index in [4.69, 9.17) is 5.73 Å². The number of aliphatic carboxylic acids is 1. The van der Waals surface area contributed by atoms with Gasteiger partial charge in [-0.05, 0) is 25.7 Å². The van der Waals surface area contributed by atoms with Crippen molar-refractivity contribution in [1.82, 2.24) is 16.0 Å². The standard InChI is InChI=1S/C20H38N4O7/c1-7-9(3)14(22-17(27)13(21)11(5)25)18(28)24-16(12(6)26)19(29)23-15(20(30)31)10(4)8-2/h9-16,25-26H,7-8,21H2,1-6H3,(H,22,27)(H,23,29)(H,24,28)(H,30,31). The largest absolute Gasteiger partial charge is 0.480 e. The number of carbonyl (C=O) groups is 4. The molecular formula is C20H38N4O7. The number of nitrogens with one attached hydrogen (secondary N) is 3. The lowest BCUT2D eigenvalue weighted by molar-refractivity contribution is -0.144. The molecule has 3 amide bonds. The van der Waals surface area contributed by atoms with Gasteiger partial charge in [0.2, 0.25) is 17.7 Å². The van der Waals surface area contributed by atoms with E-state index in [1.54, 1.807) is 27.7 Å². The zero-order chi connectivity index (χ0) is 24.5. The predicted octanol–water partition coefficient (Wildman–Crippen LogP) is -1.29. The zero-order valence-electron chi connectivity index (χ0n) is 19.1. The molecule has 0 rings (SSSR count). The Labute approximate surface area is 183 Å². The van der Waals surface area contributed by atoms with E-state index in [0.717, 1.165) is 0 Å². The van der Waals surface area contributed by atoms with Gasteiger partial charge in [-0.15, -0.1) is 0 Å². The number of carboxylic acid groups (broad SMARTS) is 1. The van der Waals surface area contributed by atoms with Gasteiger partial charge in [0.05, 0.1) is 12.2 Å². The van der Waals surface area contributed by atoms with Crippen LogP contribution in [-0.2, 0) is 19.2 Å². The van der Waals surface area contributed by atoms with Crippen molar-refractivity contribution in [2.24, 2.45) is 17.6 Å². The van der Waals surface area contributed by atoms with Crippen LogP contribution in [0.25, 0.3) is 0 Å². The van der Waals surface area contributed by atoms with Crippen LogP contribution in [0, 0.1) is 11.8 Å². The van der Waals surface area contributed by atoms with Crippen LogP contribution in [0.4, 0.5) is 0 Å². The summed E-state index contributed by atoms with van der Waals surface area (Å²) in [6.07, 6.45) is -1.47. The van der Waals surface area contributed by atoms with Crippen LogP contribution in [0.2, 0.25) is 0 Å². The predicted molar refractivity (Wildman–Crippen MR) is 114 cm³/mol. The van der Waals surface area contributed by atoms with Crippen molar-refractivity contribution in [3.8, 4) is 0 Å². The highest BCUT2D eigenvalue weighted by Crippen LogP contribution is 2.11. The first kappa shape index (κ1) is 28.8. The van der Waals surface area contributed by atoms with Gasteiger partial charge in [-0.3, -0.25) is 14.4 Å². The lowest BCUT2D eigenvalue weighted by Crippen LogP contribution is -2.62. The highest BCUT2D eigenvalue weighted by atomic mass is 16.4. The van der Waals surface area contributed by atoms with E-state index < -0.39 is 60.1 Å². The van der Waals surface area contributed by atoms with Gasteiger partial charge in [0.1, 0.15) is 24.2 Å². The van der Waals surface area contributed by atoms with Crippen molar-refractivity contribution >= 4 is 23.7 Å². The van der Waals surface area contributed by atoms with E-state index in [9.17, 15) is 34.5 Å². The fraction of sp³-hybridized carbons (Fsp3) is 0.800. The van der Waals surface area contributed by atoms with Gasteiger partial charge in [0, 0.05) is 0 Å². The van der Waals surface area contributed by atoms with Crippen molar-refractivity contribution in [1.29, 1.82) is 0 Å². The molecule has 11 nitrogen and oxygen atoms in total. The quantitative estimate of drug-likeness (QED) is 0.182. The molecule has 0 aromatic carbocycles. The SMILES string of the molecule is CCC(C)C(NC(=O)C(NC(=O)C(NC(=O)C(N)C(C)O)C(C)CC)C(C)O)C(=O)O. The summed E-state index contributed by atoms with van der Waals surface area (Å²) in [6, 6.07) is -4.96. The molecule has 0 aliphatic rings. The second kappa shape index (κ2) is 13.2. The summed E-state index contributed by atoms with van der Waals surface area (Å²) < 4.78 is 0. The lowest BCUT2D eigenvalue weighted by atomic mass is 9.96. The Kier molecular flexibility index (Phi) is 12.3. The topological polar surface area (TPSA) is 191 Å². The van der Waals surface area contributed by atoms with Gasteiger partial charge < -0.3 is 37.0 Å². The third-order valence-corrected chi connectivity index (χ3v) is 5.46. The van der Waals surface area contributed by atoms with Gasteiger partial charge in [-0.25, -0.2) is 4.79 Å². The van der Waals surface area contributed by atoms with Crippen molar-refractivity contribution < 1.29 is 34.5 Å². The molecule has 0 aliphatic heterocycles. The first-order valence-corrected chi connectivity index (χ1v) is 10.5. The van der Waals surface area contributed by atoms with Crippen LogP contribution >= 0.6 is 0 Å². The summed E-state index contributed by atoms with van der Waals surface area (Å²) in [4.78, 5) is 49.2. The lowest BCUT2D eigenvalue weighted by Gasteiger charge is -2.29. The summed E-state index contributed by atoms with van der Waals surface area (Å²) in [5, 5.41) is 36.1. The number of carboxylic acids is 1. The molecular weight excluding hydrogens is 408 g/mol. The van der Waals surface area contributed by atoms with E-state index in [1.165, 1.54) is 13.8 Å². The number of carbonyl (C=O) groups excluding carboxylic acids is 3. The fourth-order valence-electron chi connectivity index (χ4n) is 2.74. The number of hydrogen-bond donors (Lipinski definition) is 7. The Balaban J connectivity index is 5.54. The second-order valence-corrected chi connectivity index (χ2v) is 8.08. The normalized spacial score (nSPS) is 19.0. The molecule has 0 saturated carbocycles. The van der Waals surface area contributed by atoms with Gasteiger partial charge in [-0.1, -0.05) is 40.5 Å². The Morgan fingerprint density at radius 2 is 1.10 bits per heavy atom. The number of amides is 3. The van der Waals surface area contributed by atoms with Crippen molar-refractivity contribution in [3.63, 3.8) is 0 Å². The van der Waals surface area contributed by atoms with Crippen LogP contribution < -0.4 is 21.7 Å². The zero-order valence-corrected chi connectivity index (χ0v) is 19.1. The number of nitrogens with two attached hydrogens (primary N) is 1. The Morgan fingerprint density at radius 1 is 0.710 bits per heavy atom. The second-order valence-electron chi connectivity index (χ2n) is 8.08. The maximum Gasteiger partial charge on any atom is 0.326 e. The number of hydrogen-bond acceptors (Lipinski definition) is 7. The van der Waals surface area contributed by atoms with E-state index in [-0.39, 0.29) is 11.8 Å². The first-order chi connectivity index (χ1) is 14.3. The molecule has 0 aliphatic carbocycles. The van der Waals surface area contributed by atoms with E-state index in [1.807, 2.05) is 0 Å². The molecule has 0 heterocycles. The van der Waals surface area contributed by atoms with Crippen LogP contribution in [0.5, 0.6) is 0 Å². The van der Waals surface area contributed by atoms with Gasteiger partial charge in [-0.2, -0.15) is 0 Å². The van der Waals surface area contributed by atoms with E-state index in [0.29, 0.717) is 12.8 Å². The van der Waals surface area contributed by atoms with Crippen molar-refractivity contribution in [2.45, 2.75) is 90.8 Å². The molecule has 11 heteroatoms. The molecule has 0 aromatic heterocycles. The highest BCUT2D eigenvalue weighted by molar-refractivity contribution is 5.94. The summed E-state index contributed by atoms with van der Waals surface area (Å²) in [6.45, 7) is 9.57. The molecule has 0 fully saturated rings. The number of aliphatic hydroxyl groups excluding tert-OH is 2. The summed E-state index contributed by atoms with van der Waals surface area (Å²) in [7, 11) is 0. The Morgan fingerprint density at radius 3 is 1.48 bits per heavy atom. The first-order valence-electron chi connectivity index (χ1n) is 10.5. The fourth-order valence-corrected chi connectivity index (χ4v) is 2.74. The van der Waals surface area contributed by atoms with Crippen molar-refractivity contribution in [3.05, 3.63) is 0 Å². The molecule has 0 aromatic rings. The molecule has 0 spiro atoms. The smallest absolute Gasteiger partial charge is 0.326 e. The minimum absolute atomic E-state index is 0.352. The molecule has 180 valence electrons. The Bertz CT molecular complexity index is 627. The Hall–Kier alpha value is -2.24. The monoisotopic (exact) mass is 446 g/mol. The molecule has 0 radical (unpaired) electrons. The average molecular weight is 447 g/mol. The van der Waals surface area contributed by atoms with Crippen LogP contribution in [0.1, 0.15) is 54.4 Å². The van der Waals surface area contributed by atoms with Crippen LogP contribution in [-0.4, -0.2) is 75.4 Å². The highest BCUT2D eigenvalue weighted by Gasteiger charge is 2.35. The number of aliphatic hydroxyl groups is 2. The molecule has 8 unspecified atom stereocenters. The molecule has 0 bridgehead atoms. The molecule has 8 atom stereocenters. The maximum absolute atomic E-state index is 12.9. The van der Waals surface area contributed by atoms with Gasteiger partial charge in [0.25, 0.3) is 0 Å². The third-order valence-electron chi connectivity index (χ3n) is 5.46. The minimum Gasteiger partial charge on any atom is -0.480 e. The molecule has 31 heavy (non-hydrogen) atoms. The van der Waals surface area contributed by atoms with Crippen LogP contribution in [0.15, 0.2) is 0 Å². The van der Waals surface area contributed by atoms with Gasteiger partial charge >= 0.3 is 5.97 Å². The van der Waals surface area contributed by atoms with Gasteiger partial charge in [0.15, 0.2) is 0 Å². The van der Waals surface area contributed by atoms with Crippen LogP contribution in [0.3, 0.4) is 0 Å². The maximum atomic E-state index is 12.9. The minimum atomic E-state index is -1.44. The number of rotatable bonds is 13. The summed E-state index contributed by atoms with van der Waals surface area (Å²) in [5.74, 6) is -4.29. The summed E-state index contributed by atoms with van der Waals surface area (Å²) in [5.41, 5.74) is 5.62. The summed E-state index contributed by atoms with van der Waals surface area (Å²) >= 11 is 0. The van der Waals surface area contributed by atoms with Crippen molar-refractivity contribution in [2.75, 3.05) is 0 Å². The molecule has 0 saturated heterocycles.